The number of nitrogens with zero attached hydrogens (tertiary/aromatic N) is 2. The van der Waals surface area contributed by atoms with Crippen LogP contribution < -0.4 is 70.6 Å². The van der Waals surface area contributed by atoms with Crippen LogP contribution in [0.25, 0.3) is 116 Å². The summed E-state index contributed by atoms with van der Waals surface area (Å²) in [5, 5.41) is 8.91. The SMILES string of the molecule is CC1(C)c2ccccc2N(B2c3oc4ccccc4c3B(c3ccc(-c4ccccc4-c4ccccc4)cc3)c3oc4cc5c(cc4c32)C=CC5)c2ccccc21.c1ccc(-c2ccc(B3c4oc5ccc6occc6c5c4B(c4ccc(N5c6ccccc6Cc6ccccc65)cc4)c4oc5ccc6sccc6c5c43)cc2-c2ccccc2)cc1. The molecule has 15 aromatic carbocycles. The molecule has 0 fully saturated rings. The fourth-order valence-electron chi connectivity index (χ4n) is 21.2. The van der Waals surface area contributed by atoms with Crippen LogP contribution in [0.15, 0.2) is 392 Å². The summed E-state index contributed by atoms with van der Waals surface area (Å²) in [7, 11) is 0. The van der Waals surface area contributed by atoms with E-state index in [1.807, 2.05) is 6.07 Å². The number of hydrogen-bond acceptors (Lipinski definition) is 8. The van der Waals surface area contributed by atoms with Gasteiger partial charge in [0.15, 0.2) is 0 Å². The molecule has 6 aromatic heterocycles. The third-order valence-electron chi connectivity index (χ3n) is 26.6. The van der Waals surface area contributed by atoms with Crippen LogP contribution in [0.5, 0.6) is 0 Å². The summed E-state index contributed by atoms with van der Waals surface area (Å²) >= 11 is 1.77. The zero-order chi connectivity index (χ0) is 79.7. The zero-order valence-corrected chi connectivity index (χ0v) is 67.2. The van der Waals surface area contributed by atoms with E-state index < -0.39 is 0 Å². The quantitative estimate of drug-likeness (QED) is 0.133. The van der Waals surface area contributed by atoms with Crippen LogP contribution in [-0.4, -0.2) is 27.0 Å². The minimum absolute atomic E-state index is 0.183. The minimum atomic E-state index is -0.279. The summed E-state index contributed by atoms with van der Waals surface area (Å²) in [6.07, 6.45) is 8.14. The number of allylic oxidation sites excluding steroid dienone is 1. The number of furan rings is 5. The first kappa shape index (κ1) is 69.7. The van der Waals surface area contributed by atoms with Crippen molar-refractivity contribution in [1.82, 2.24) is 0 Å². The average molecular weight is 1570 g/mol. The molecule has 4 aliphatic heterocycles. The lowest BCUT2D eigenvalue weighted by molar-refractivity contribution is 0.615. The van der Waals surface area contributed by atoms with Gasteiger partial charge in [-0.05, 0) is 203 Å². The molecule has 566 valence electrons. The van der Waals surface area contributed by atoms with E-state index in [9.17, 15) is 0 Å². The lowest BCUT2D eigenvalue weighted by Crippen LogP contribution is -2.74. The van der Waals surface area contributed by atoms with Crippen molar-refractivity contribution in [3.8, 4) is 44.5 Å². The maximum Gasteiger partial charge on any atom is 0.372 e. The molecule has 10 heterocycles. The Bertz CT molecular complexity index is 7710. The van der Waals surface area contributed by atoms with E-state index in [0.29, 0.717) is 0 Å². The molecular formula is C109H72B4N2O5S. The van der Waals surface area contributed by atoms with Gasteiger partial charge in [-0.15, -0.1) is 11.3 Å². The monoisotopic (exact) mass is 1560 g/mol. The van der Waals surface area contributed by atoms with E-state index in [0.717, 1.165) is 118 Å². The fourth-order valence-corrected chi connectivity index (χ4v) is 21.9. The molecule has 0 unspecified atom stereocenters. The third kappa shape index (κ3) is 10.7. The Kier molecular flexibility index (Phi) is 15.7. The van der Waals surface area contributed by atoms with E-state index in [2.05, 4.69) is 387 Å². The number of thiophene rings is 1. The van der Waals surface area contributed by atoms with E-state index in [1.54, 1.807) is 17.6 Å². The van der Waals surface area contributed by atoms with Crippen LogP contribution in [0.4, 0.5) is 28.4 Å². The topological polar surface area (TPSA) is 72.2 Å². The second-order valence-corrected chi connectivity index (χ2v) is 34.3. The maximum atomic E-state index is 7.33. The number of fused-ring (bicyclic) bond motifs is 21. The van der Waals surface area contributed by atoms with Gasteiger partial charge in [-0.3, -0.25) is 0 Å². The lowest BCUT2D eigenvalue weighted by atomic mass is 9.23. The summed E-state index contributed by atoms with van der Waals surface area (Å²) in [6.45, 7) is 3.70. The second kappa shape index (κ2) is 27.3. The second-order valence-electron chi connectivity index (χ2n) is 33.4. The third-order valence-corrected chi connectivity index (χ3v) is 27.5. The number of hydrogen-bond donors (Lipinski definition) is 0. The molecule has 0 saturated carbocycles. The predicted molar refractivity (Wildman–Crippen MR) is 507 cm³/mol. The number of anilines is 5. The lowest BCUT2D eigenvalue weighted by Gasteiger charge is -2.45. The normalized spacial score (nSPS) is 13.9. The average Bonchev–Trinajstić information content (AvgIpc) is 1.55. The Labute approximate surface area is 705 Å². The summed E-state index contributed by atoms with van der Waals surface area (Å²) in [6, 6.07) is 128. The highest BCUT2D eigenvalue weighted by atomic mass is 32.1. The van der Waals surface area contributed by atoms with Crippen LogP contribution in [0.3, 0.4) is 0 Å². The zero-order valence-electron chi connectivity index (χ0n) is 66.4. The Morgan fingerprint density at radius 1 is 0.339 bits per heavy atom. The van der Waals surface area contributed by atoms with Crippen molar-refractivity contribution in [3.05, 3.63) is 403 Å². The van der Waals surface area contributed by atoms with Crippen molar-refractivity contribution >= 4 is 199 Å². The summed E-state index contributed by atoms with van der Waals surface area (Å²) in [5.41, 5.74) is 39.4. The van der Waals surface area contributed by atoms with Crippen molar-refractivity contribution in [2.24, 2.45) is 0 Å². The van der Waals surface area contributed by atoms with E-state index >= 15 is 0 Å². The van der Waals surface area contributed by atoms with Gasteiger partial charge >= 0.3 is 6.85 Å². The van der Waals surface area contributed by atoms with Gasteiger partial charge in [0.1, 0.15) is 27.9 Å². The Balaban J connectivity index is 0.000000135. The van der Waals surface area contributed by atoms with E-state index in [-0.39, 0.29) is 32.4 Å². The van der Waals surface area contributed by atoms with Gasteiger partial charge in [-0.1, -0.05) is 303 Å². The molecule has 7 nitrogen and oxygen atoms in total. The molecule has 0 bridgehead atoms. The molecule has 0 spiro atoms. The summed E-state index contributed by atoms with van der Waals surface area (Å²) < 4.78 is 36.5. The maximum absolute atomic E-state index is 7.33. The highest BCUT2D eigenvalue weighted by Crippen LogP contribution is 2.51. The standard InChI is InChI=1S/C57H35B2NO3S.C52H37B2NO2/c1-3-11-35(12-4-1)42-24-21-40(34-45(42)36-13-5-2-6-14-36)59-55-53-44-30-32-64-51(44)28-27-50(53)63-56(55)58(54-52-43-29-31-61-48(43)25-26-49(52)62-57(54)59)39-19-22-41(23-20-39)60-46-17-9-7-15-37(46)33-38-16-8-10-18-47(38)60;1-52(2)42-22-9-11-24-44(42)55(45-25-12-10-23-43(45)52)54-49-41-31-35-17-14-18-36(35)32-47(41)57-50(49)53(48-40-21-8-13-26-46(40)56-51(48)54)37-29-27-34(28-30-37)39-20-7-6-19-38(39)33-15-4-3-5-16-33/h1-32,34H,33H2;3-17,19-32H,18H2,1-2H3. The van der Waals surface area contributed by atoms with Crippen molar-refractivity contribution < 1.29 is 22.1 Å². The van der Waals surface area contributed by atoms with Gasteiger partial charge in [-0.25, -0.2) is 0 Å². The molecule has 5 aliphatic rings. The van der Waals surface area contributed by atoms with Crippen molar-refractivity contribution in [1.29, 1.82) is 0 Å². The van der Waals surface area contributed by atoms with Crippen molar-refractivity contribution in [3.63, 3.8) is 0 Å². The van der Waals surface area contributed by atoms with Crippen LogP contribution in [0, 0.1) is 0 Å². The molecule has 0 radical (unpaired) electrons. The fraction of sp³-hybridized carbons (Fsp3) is 0.0459. The molecule has 26 rings (SSSR count). The molecule has 1 aliphatic carbocycles. The van der Waals surface area contributed by atoms with Crippen molar-refractivity contribution in [2.45, 2.75) is 32.1 Å². The molecule has 0 amide bonds. The first-order chi connectivity index (χ1) is 59.8. The smallest absolute Gasteiger partial charge is 0.372 e. The Hall–Kier alpha value is -14.4. The molecule has 12 heteroatoms. The van der Waals surface area contributed by atoms with Gasteiger partial charge in [-0.2, -0.15) is 0 Å². The number of rotatable bonds is 9. The highest BCUT2D eigenvalue weighted by molar-refractivity contribution is 7.17. The first-order valence-electron chi connectivity index (χ1n) is 42.0. The number of benzene rings is 15. The van der Waals surface area contributed by atoms with Crippen LogP contribution in [-0.2, 0) is 18.3 Å². The van der Waals surface area contributed by atoms with Gasteiger partial charge in [0.25, 0.3) is 20.1 Å². The summed E-state index contributed by atoms with van der Waals surface area (Å²) in [5.74, 6) is 0. The molecule has 21 aromatic rings. The molecule has 0 saturated heterocycles. The summed E-state index contributed by atoms with van der Waals surface area (Å²) in [4.78, 5) is 4.96. The molecule has 121 heavy (non-hydrogen) atoms. The van der Waals surface area contributed by atoms with Crippen molar-refractivity contribution in [2.75, 3.05) is 9.71 Å². The molecule has 0 atom stereocenters. The van der Waals surface area contributed by atoms with Gasteiger partial charge in [0.2, 0.25) is 0 Å². The van der Waals surface area contributed by atoms with Gasteiger partial charge in [0.05, 0.1) is 28.9 Å². The van der Waals surface area contributed by atoms with Crippen LogP contribution >= 0.6 is 11.3 Å². The highest BCUT2D eigenvalue weighted by Gasteiger charge is 2.53. The Morgan fingerprint density at radius 3 is 1.51 bits per heavy atom. The predicted octanol–water partition coefficient (Wildman–Crippen LogP) is 20.7. The van der Waals surface area contributed by atoms with E-state index in [4.69, 9.17) is 22.1 Å². The van der Waals surface area contributed by atoms with Crippen LogP contribution in [0.2, 0.25) is 0 Å². The molecule has 0 N–H and O–H groups in total. The molecular weight excluding hydrogens is 1490 g/mol. The number of para-hydroxylation sites is 5. The van der Waals surface area contributed by atoms with E-state index in [1.165, 1.54) is 127 Å². The Morgan fingerprint density at radius 2 is 0.843 bits per heavy atom. The van der Waals surface area contributed by atoms with Crippen LogP contribution in [0.1, 0.15) is 47.2 Å². The minimum Gasteiger partial charge on any atom is -0.471 e. The largest absolute Gasteiger partial charge is 0.471 e. The van der Waals surface area contributed by atoms with Gasteiger partial charge < -0.3 is 31.8 Å². The first-order valence-corrected chi connectivity index (χ1v) is 42.8. The van der Waals surface area contributed by atoms with Gasteiger partial charge in [0, 0.05) is 77.3 Å².